The Kier molecular flexibility index (Phi) is 6.17. The molecule has 1 aliphatic rings. The highest BCUT2D eigenvalue weighted by molar-refractivity contribution is 7.90. The van der Waals surface area contributed by atoms with E-state index in [0.29, 0.717) is 10.2 Å². The molecule has 160 valence electrons. The molecule has 1 aliphatic heterocycles. The molecule has 3 rings (SSSR count). The molecule has 0 radical (unpaired) electrons. The van der Waals surface area contributed by atoms with Crippen LogP contribution in [0.5, 0.6) is 0 Å². The average molecular weight is 453 g/mol. The van der Waals surface area contributed by atoms with Gasteiger partial charge in [0.25, 0.3) is 5.91 Å². The normalized spacial score (nSPS) is 15.3. The zero-order valence-electron chi connectivity index (χ0n) is 16.3. The molecule has 12 heteroatoms. The molecule has 2 aromatic rings. The van der Waals surface area contributed by atoms with Gasteiger partial charge in [-0.2, -0.15) is 4.99 Å². The lowest BCUT2D eigenvalue weighted by Crippen LogP contribution is -2.34. The summed E-state index contributed by atoms with van der Waals surface area (Å²) in [6.07, 6.45) is 1.20. The molecule has 30 heavy (non-hydrogen) atoms. The first-order valence-electron chi connectivity index (χ1n) is 9.00. The quantitative estimate of drug-likeness (QED) is 0.452. The number of ether oxygens (including phenoxy) is 1. The summed E-state index contributed by atoms with van der Waals surface area (Å²) in [4.78, 5) is 52.9. The molecule has 1 saturated heterocycles. The summed E-state index contributed by atoms with van der Waals surface area (Å²) in [7, 11) is -3.45. The Bertz CT molecular complexity index is 1210. The lowest BCUT2D eigenvalue weighted by atomic mass is 10.3. The van der Waals surface area contributed by atoms with E-state index in [-0.39, 0.29) is 35.7 Å². The number of imide groups is 1. The Balaban J connectivity index is 2.05. The van der Waals surface area contributed by atoms with Gasteiger partial charge in [0.15, 0.2) is 14.6 Å². The zero-order chi connectivity index (χ0) is 22.1. The lowest BCUT2D eigenvalue weighted by Gasteiger charge is -2.10. The fraction of sp³-hybridized carbons (Fsp3) is 0.389. The van der Waals surface area contributed by atoms with Crippen molar-refractivity contribution in [2.45, 2.75) is 31.2 Å². The van der Waals surface area contributed by atoms with Gasteiger partial charge in [0.2, 0.25) is 11.8 Å². The Morgan fingerprint density at radius 1 is 1.17 bits per heavy atom. The maximum atomic E-state index is 12.4. The van der Waals surface area contributed by atoms with Gasteiger partial charge < -0.3 is 9.30 Å². The van der Waals surface area contributed by atoms with Crippen LogP contribution in [0, 0.1) is 0 Å². The van der Waals surface area contributed by atoms with Crippen LogP contribution in [0.2, 0.25) is 0 Å². The minimum Gasteiger partial charge on any atom is -0.465 e. The van der Waals surface area contributed by atoms with Gasteiger partial charge in [0.05, 0.1) is 21.7 Å². The third-order valence-corrected chi connectivity index (χ3v) is 6.49. The van der Waals surface area contributed by atoms with Gasteiger partial charge in [0, 0.05) is 19.1 Å². The molecular formula is C18H19N3O7S2. The summed E-state index contributed by atoms with van der Waals surface area (Å²) in [5.74, 6) is -2.15. The van der Waals surface area contributed by atoms with Crippen LogP contribution < -0.4 is 4.80 Å². The highest BCUT2D eigenvalue weighted by Gasteiger charge is 2.30. The zero-order valence-corrected chi connectivity index (χ0v) is 17.9. The van der Waals surface area contributed by atoms with E-state index in [9.17, 15) is 27.6 Å². The van der Waals surface area contributed by atoms with Crippen molar-refractivity contribution in [2.75, 3.05) is 19.4 Å². The first-order valence-corrected chi connectivity index (χ1v) is 11.7. The van der Waals surface area contributed by atoms with Crippen molar-refractivity contribution < 1.29 is 32.3 Å². The van der Waals surface area contributed by atoms with Gasteiger partial charge >= 0.3 is 5.97 Å². The topological polar surface area (TPSA) is 132 Å². The molecule has 0 N–H and O–H groups in total. The number of benzene rings is 1. The second-order valence-corrected chi connectivity index (χ2v) is 9.58. The van der Waals surface area contributed by atoms with Crippen molar-refractivity contribution in [1.82, 2.24) is 9.47 Å². The number of hydrogen-bond donors (Lipinski definition) is 0. The van der Waals surface area contributed by atoms with E-state index in [1.165, 1.54) is 22.8 Å². The van der Waals surface area contributed by atoms with Gasteiger partial charge in [-0.3, -0.25) is 24.1 Å². The number of sulfone groups is 1. The highest BCUT2D eigenvalue weighted by atomic mass is 32.2. The molecule has 10 nitrogen and oxygen atoms in total. The number of likely N-dealkylation sites (tertiary alicyclic amines) is 1. The Morgan fingerprint density at radius 3 is 2.43 bits per heavy atom. The molecule has 0 unspecified atom stereocenters. The van der Waals surface area contributed by atoms with Gasteiger partial charge in [0.1, 0.15) is 13.1 Å². The average Bonchev–Trinajstić information content (AvgIpc) is 3.15. The van der Waals surface area contributed by atoms with E-state index in [4.69, 9.17) is 4.74 Å². The van der Waals surface area contributed by atoms with Crippen LogP contribution in [0.15, 0.2) is 28.1 Å². The first-order chi connectivity index (χ1) is 14.1. The molecule has 1 aromatic heterocycles. The number of amides is 3. The van der Waals surface area contributed by atoms with Crippen LogP contribution >= 0.6 is 11.3 Å². The summed E-state index contributed by atoms with van der Waals surface area (Å²) < 4.78 is 30.6. The van der Waals surface area contributed by atoms with E-state index in [2.05, 4.69) is 4.99 Å². The number of hydrogen-bond acceptors (Lipinski definition) is 8. The number of thiazole rings is 1. The van der Waals surface area contributed by atoms with E-state index in [1.54, 1.807) is 6.92 Å². The van der Waals surface area contributed by atoms with Crippen LogP contribution in [0.25, 0.3) is 10.2 Å². The molecule has 0 saturated carbocycles. The van der Waals surface area contributed by atoms with E-state index < -0.39 is 40.1 Å². The third-order valence-electron chi connectivity index (χ3n) is 4.34. The fourth-order valence-electron chi connectivity index (χ4n) is 2.93. The minimum atomic E-state index is -3.45. The number of carbonyl (C=O) groups excluding carboxylic acids is 4. The Hall–Kier alpha value is -2.86. The van der Waals surface area contributed by atoms with Crippen LogP contribution in [0.1, 0.15) is 19.8 Å². The van der Waals surface area contributed by atoms with Crippen molar-refractivity contribution in [2.24, 2.45) is 4.99 Å². The smallest absolute Gasteiger partial charge is 0.326 e. The second kappa shape index (κ2) is 8.48. The predicted octanol–water partition coefficient (Wildman–Crippen LogP) is 0.246. The molecular weight excluding hydrogens is 434 g/mol. The van der Waals surface area contributed by atoms with Crippen molar-refractivity contribution >= 4 is 55.1 Å². The summed E-state index contributed by atoms with van der Waals surface area (Å²) in [5, 5.41) is 0. The van der Waals surface area contributed by atoms with Gasteiger partial charge in [-0.1, -0.05) is 11.3 Å². The summed E-state index contributed by atoms with van der Waals surface area (Å²) >= 11 is 1.02. The van der Waals surface area contributed by atoms with Crippen LogP contribution in [0.3, 0.4) is 0 Å². The summed E-state index contributed by atoms with van der Waals surface area (Å²) in [6, 6.07) is 4.37. The number of carbonyl (C=O) groups is 4. The van der Waals surface area contributed by atoms with Crippen molar-refractivity contribution in [3.05, 3.63) is 23.0 Å². The standard InChI is InChI=1S/C18H19N3O7S2/c1-3-28-17(25)10-20-12-5-4-11(30(2,26)27)8-13(12)29-18(20)19-14(22)9-21-15(23)6-7-16(21)24/h4-5,8H,3,6-7,9-10H2,1-2H3. The molecule has 2 heterocycles. The number of aromatic nitrogens is 1. The maximum Gasteiger partial charge on any atom is 0.326 e. The first kappa shape index (κ1) is 21.8. The molecule has 1 aromatic carbocycles. The maximum absolute atomic E-state index is 12.4. The van der Waals surface area contributed by atoms with Crippen molar-refractivity contribution in [3.8, 4) is 0 Å². The van der Waals surface area contributed by atoms with E-state index in [0.717, 1.165) is 22.5 Å². The molecule has 1 fully saturated rings. The van der Waals surface area contributed by atoms with E-state index in [1.807, 2.05) is 0 Å². The third kappa shape index (κ3) is 4.65. The molecule has 0 aliphatic carbocycles. The number of nitrogens with zero attached hydrogens (tertiary/aromatic N) is 3. The highest BCUT2D eigenvalue weighted by Crippen LogP contribution is 2.22. The monoisotopic (exact) mass is 453 g/mol. The van der Waals surface area contributed by atoms with Gasteiger partial charge in [-0.15, -0.1) is 0 Å². The number of fused-ring (bicyclic) bond motifs is 1. The van der Waals surface area contributed by atoms with Crippen molar-refractivity contribution in [1.29, 1.82) is 0 Å². The van der Waals surface area contributed by atoms with Crippen LogP contribution in [-0.4, -0.2) is 61.0 Å². The minimum absolute atomic E-state index is 0.0616. The lowest BCUT2D eigenvalue weighted by molar-refractivity contribution is -0.144. The van der Waals surface area contributed by atoms with Crippen LogP contribution in [-0.2, 0) is 40.3 Å². The largest absolute Gasteiger partial charge is 0.465 e. The van der Waals surface area contributed by atoms with Crippen molar-refractivity contribution in [3.63, 3.8) is 0 Å². The second-order valence-electron chi connectivity index (χ2n) is 6.56. The predicted molar refractivity (Wildman–Crippen MR) is 106 cm³/mol. The molecule has 0 bridgehead atoms. The van der Waals surface area contributed by atoms with Gasteiger partial charge in [-0.05, 0) is 25.1 Å². The SMILES string of the molecule is CCOC(=O)Cn1c(=NC(=O)CN2C(=O)CCC2=O)sc2cc(S(C)(=O)=O)ccc21. The van der Waals surface area contributed by atoms with Gasteiger partial charge in [-0.25, -0.2) is 8.42 Å². The summed E-state index contributed by atoms with van der Waals surface area (Å²) in [5.41, 5.74) is 0.500. The fourth-order valence-corrected chi connectivity index (χ4v) is 4.74. The van der Waals surface area contributed by atoms with E-state index >= 15 is 0 Å². The molecule has 0 atom stereocenters. The Labute approximate surface area is 175 Å². The molecule has 3 amide bonds. The van der Waals surface area contributed by atoms with Crippen LogP contribution in [0.4, 0.5) is 0 Å². The summed E-state index contributed by atoms with van der Waals surface area (Å²) in [6.45, 7) is 1.11. The Morgan fingerprint density at radius 2 is 1.83 bits per heavy atom. The number of esters is 1. The number of rotatable bonds is 6. The molecule has 0 spiro atoms.